The van der Waals surface area contributed by atoms with Gasteiger partial charge in [0.25, 0.3) is 5.91 Å². The zero-order valence-electron chi connectivity index (χ0n) is 16.5. The van der Waals surface area contributed by atoms with Crippen molar-refractivity contribution in [1.82, 2.24) is 9.88 Å². The molecule has 28 heavy (non-hydrogen) atoms. The fourth-order valence-corrected chi connectivity index (χ4v) is 4.19. The van der Waals surface area contributed by atoms with E-state index in [4.69, 9.17) is 0 Å². The van der Waals surface area contributed by atoms with E-state index in [9.17, 15) is 9.59 Å². The van der Waals surface area contributed by atoms with E-state index in [0.717, 1.165) is 27.7 Å². The fraction of sp³-hybridized carbons (Fsp3) is 0.304. The summed E-state index contributed by atoms with van der Waals surface area (Å²) in [6.07, 6.45) is 0.645. The van der Waals surface area contributed by atoms with Crippen molar-refractivity contribution in [3.8, 4) is 0 Å². The highest BCUT2D eigenvalue weighted by Crippen LogP contribution is 2.27. The number of H-pyrrole nitrogens is 1. The Hall–Kier alpha value is -3.08. The third-order valence-electron chi connectivity index (χ3n) is 5.54. The Balaban J connectivity index is 1.61. The molecule has 3 aromatic rings. The SMILES string of the molecule is CCN(C(=O)c1cc2c(C)cc(C)cc2[nH]1)C1CCN(c2ccccc2)C1=O. The van der Waals surface area contributed by atoms with Crippen LogP contribution in [0, 0.1) is 13.8 Å². The van der Waals surface area contributed by atoms with Gasteiger partial charge in [-0.1, -0.05) is 24.3 Å². The molecular formula is C23H25N3O2. The van der Waals surface area contributed by atoms with Gasteiger partial charge in [-0.25, -0.2) is 0 Å². The number of aryl methyl sites for hydroxylation is 2. The van der Waals surface area contributed by atoms with E-state index >= 15 is 0 Å². The number of likely N-dealkylation sites (N-methyl/N-ethyl adjacent to an activating group) is 1. The summed E-state index contributed by atoms with van der Waals surface area (Å²) in [5.74, 6) is -0.131. The Labute approximate surface area is 165 Å². The third kappa shape index (κ3) is 3.07. The molecule has 1 aliphatic rings. The average Bonchev–Trinajstić information content (AvgIpc) is 3.27. The Morgan fingerprint density at radius 1 is 1.18 bits per heavy atom. The maximum Gasteiger partial charge on any atom is 0.270 e. The van der Waals surface area contributed by atoms with Gasteiger partial charge in [0.1, 0.15) is 11.7 Å². The first-order valence-electron chi connectivity index (χ1n) is 9.77. The standard InChI is InChI=1S/C23H25N3O2/c1-4-25(21-10-11-26(23(21)28)17-8-6-5-7-9-17)22(27)20-14-18-16(3)12-15(2)13-19(18)24-20/h5-9,12-14,21,24H,4,10-11H2,1-3H3. The monoisotopic (exact) mass is 375 g/mol. The number of anilines is 1. The van der Waals surface area contributed by atoms with Crippen molar-refractivity contribution in [2.45, 2.75) is 33.2 Å². The van der Waals surface area contributed by atoms with Crippen LogP contribution in [0.3, 0.4) is 0 Å². The molecule has 1 N–H and O–H groups in total. The first-order valence-corrected chi connectivity index (χ1v) is 9.77. The summed E-state index contributed by atoms with van der Waals surface area (Å²) in [6.45, 7) is 7.14. The number of carbonyl (C=O) groups is 2. The molecule has 1 fully saturated rings. The van der Waals surface area contributed by atoms with Gasteiger partial charge >= 0.3 is 0 Å². The molecule has 0 spiro atoms. The largest absolute Gasteiger partial charge is 0.351 e. The molecule has 1 aliphatic heterocycles. The van der Waals surface area contributed by atoms with E-state index in [0.29, 0.717) is 25.2 Å². The Kier molecular flexibility index (Phi) is 4.67. The number of hydrogen-bond acceptors (Lipinski definition) is 2. The molecule has 5 heteroatoms. The van der Waals surface area contributed by atoms with Crippen LogP contribution in [0.4, 0.5) is 5.69 Å². The Morgan fingerprint density at radius 3 is 2.64 bits per heavy atom. The number of amides is 2. The van der Waals surface area contributed by atoms with Crippen LogP contribution in [0.2, 0.25) is 0 Å². The van der Waals surface area contributed by atoms with Gasteiger partial charge in [-0.15, -0.1) is 0 Å². The topological polar surface area (TPSA) is 56.4 Å². The van der Waals surface area contributed by atoms with Gasteiger partial charge in [-0.05, 0) is 62.6 Å². The summed E-state index contributed by atoms with van der Waals surface area (Å²) in [4.78, 5) is 33.0. The molecule has 2 heterocycles. The Morgan fingerprint density at radius 2 is 1.93 bits per heavy atom. The molecule has 4 rings (SSSR count). The second-order valence-corrected chi connectivity index (χ2v) is 7.45. The fourth-order valence-electron chi connectivity index (χ4n) is 4.19. The van der Waals surface area contributed by atoms with Crippen molar-refractivity contribution < 1.29 is 9.59 Å². The molecule has 0 saturated carbocycles. The molecule has 0 aliphatic carbocycles. The van der Waals surface area contributed by atoms with Crippen LogP contribution in [0.15, 0.2) is 48.5 Å². The lowest BCUT2D eigenvalue weighted by Crippen LogP contribution is -2.45. The lowest BCUT2D eigenvalue weighted by atomic mass is 10.1. The number of carbonyl (C=O) groups excluding carboxylic acids is 2. The maximum absolute atomic E-state index is 13.2. The molecule has 144 valence electrons. The molecule has 0 radical (unpaired) electrons. The molecule has 0 bridgehead atoms. The lowest BCUT2D eigenvalue weighted by molar-refractivity contribution is -0.120. The second kappa shape index (κ2) is 7.15. The number of nitrogens with one attached hydrogen (secondary N) is 1. The number of nitrogens with zero attached hydrogens (tertiary/aromatic N) is 2. The van der Waals surface area contributed by atoms with Gasteiger partial charge < -0.3 is 14.8 Å². The highest BCUT2D eigenvalue weighted by Gasteiger charge is 2.38. The van der Waals surface area contributed by atoms with Gasteiger partial charge in [-0.2, -0.15) is 0 Å². The van der Waals surface area contributed by atoms with Crippen molar-refractivity contribution in [3.63, 3.8) is 0 Å². The number of rotatable bonds is 4. The number of fused-ring (bicyclic) bond motifs is 1. The van der Waals surface area contributed by atoms with E-state index in [1.54, 1.807) is 9.80 Å². The van der Waals surface area contributed by atoms with Gasteiger partial charge in [0.05, 0.1) is 0 Å². The van der Waals surface area contributed by atoms with Crippen LogP contribution in [0.1, 0.15) is 35.0 Å². The minimum absolute atomic E-state index is 0.00969. The lowest BCUT2D eigenvalue weighted by Gasteiger charge is -2.26. The first kappa shape index (κ1) is 18.3. The Bertz CT molecular complexity index is 1040. The van der Waals surface area contributed by atoms with Crippen LogP contribution in [0.5, 0.6) is 0 Å². The first-order chi connectivity index (χ1) is 13.5. The molecular weight excluding hydrogens is 350 g/mol. The summed E-state index contributed by atoms with van der Waals surface area (Å²) in [5, 5.41) is 1.05. The summed E-state index contributed by atoms with van der Waals surface area (Å²) in [7, 11) is 0. The van der Waals surface area contributed by atoms with Gasteiger partial charge in [-0.3, -0.25) is 9.59 Å². The molecule has 2 amide bonds. The predicted molar refractivity (Wildman–Crippen MR) is 112 cm³/mol. The zero-order valence-corrected chi connectivity index (χ0v) is 16.5. The number of benzene rings is 2. The summed E-state index contributed by atoms with van der Waals surface area (Å²) in [5.41, 5.74) is 4.68. The molecule has 2 aromatic carbocycles. The molecule has 1 saturated heterocycles. The van der Waals surface area contributed by atoms with Crippen molar-refractivity contribution in [2.75, 3.05) is 18.0 Å². The summed E-state index contributed by atoms with van der Waals surface area (Å²) >= 11 is 0. The van der Waals surface area contributed by atoms with Gasteiger partial charge in [0, 0.05) is 29.7 Å². The van der Waals surface area contributed by atoms with Crippen LogP contribution in [-0.2, 0) is 4.79 Å². The van der Waals surface area contributed by atoms with Crippen molar-refractivity contribution in [3.05, 3.63) is 65.4 Å². The maximum atomic E-state index is 13.2. The highest BCUT2D eigenvalue weighted by atomic mass is 16.2. The van der Waals surface area contributed by atoms with Crippen molar-refractivity contribution in [1.29, 1.82) is 0 Å². The molecule has 1 atom stereocenters. The number of aromatic nitrogens is 1. The van der Waals surface area contributed by atoms with Crippen molar-refractivity contribution in [2.24, 2.45) is 0 Å². The third-order valence-corrected chi connectivity index (χ3v) is 5.54. The normalized spacial score (nSPS) is 16.8. The van der Waals surface area contributed by atoms with Crippen LogP contribution in [-0.4, -0.2) is 40.8 Å². The van der Waals surface area contributed by atoms with E-state index in [2.05, 4.69) is 11.1 Å². The summed E-state index contributed by atoms with van der Waals surface area (Å²) < 4.78 is 0. The zero-order chi connectivity index (χ0) is 19.8. The van der Waals surface area contributed by atoms with Gasteiger partial charge in [0.15, 0.2) is 0 Å². The van der Waals surface area contributed by atoms with Crippen molar-refractivity contribution >= 4 is 28.4 Å². The molecule has 5 nitrogen and oxygen atoms in total. The van der Waals surface area contributed by atoms with E-state index < -0.39 is 6.04 Å². The highest BCUT2D eigenvalue weighted by molar-refractivity contribution is 6.05. The number of hydrogen-bond donors (Lipinski definition) is 1. The summed E-state index contributed by atoms with van der Waals surface area (Å²) in [6, 6.07) is 15.3. The minimum atomic E-state index is -0.424. The van der Waals surface area contributed by atoms with E-state index in [1.807, 2.05) is 63.2 Å². The quantitative estimate of drug-likeness (QED) is 0.748. The second-order valence-electron chi connectivity index (χ2n) is 7.45. The van der Waals surface area contributed by atoms with Crippen LogP contribution >= 0.6 is 0 Å². The van der Waals surface area contributed by atoms with Crippen LogP contribution in [0.25, 0.3) is 10.9 Å². The molecule has 1 aromatic heterocycles. The van der Waals surface area contributed by atoms with E-state index in [-0.39, 0.29) is 11.8 Å². The number of aromatic amines is 1. The van der Waals surface area contributed by atoms with E-state index in [1.165, 1.54) is 0 Å². The van der Waals surface area contributed by atoms with Gasteiger partial charge in [0.2, 0.25) is 5.91 Å². The number of para-hydroxylation sites is 1. The molecule has 1 unspecified atom stereocenters. The minimum Gasteiger partial charge on any atom is -0.351 e. The predicted octanol–water partition coefficient (Wildman–Crippen LogP) is 4.05. The van der Waals surface area contributed by atoms with Crippen LogP contribution < -0.4 is 4.90 Å². The average molecular weight is 375 g/mol. The smallest absolute Gasteiger partial charge is 0.270 e.